The molecule has 1 aliphatic rings. The van der Waals surface area contributed by atoms with Gasteiger partial charge in [0, 0.05) is 10.7 Å². The van der Waals surface area contributed by atoms with E-state index < -0.39 is 0 Å². The van der Waals surface area contributed by atoms with Gasteiger partial charge >= 0.3 is 0 Å². The third-order valence-electron chi connectivity index (χ3n) is 4.42. The molecular weight excluding hydrogens is 350 g/mol. The van der Waals surface area contributed by atoms with Crippen LogP contribution in [0, 0.1) is 6.92 Å². The highest BCUT2D eigenvalue weighted by molar-refractivity contribution is 6.30. The van der Waals surface area contributed by atoms with Gasteiger partial charge in [-0.25, -0.2) is 0 Å². The van der Waals surface area contributed by atoms with Crippen LogP contribution in [0.15, 0.2) is 54.6 Å². The van der Waals surface area contributed by atoms with Gasteiger partial charge in [-0.1, -0.05) is 41.4 Å². The Bertz CT molecular complexity index is 933. The molecule has 1 aromatic heterocycles. The molecule has 2 aromatic carbocycles. The first-order valence-electron chi connectivity index (χ1n) is 8.40. The van der Waals surface area contributed by atoms with Crippen molar-refractivity contribution >= 4 is 23.2 Å². The van der Waals surface area contributed by atoms with Crippen molar-refractivity contribution in [2.45, 2.75) is 26.2 Å². The fraction of sp³-hybridized carbons (Fsp3) is 0.200. The number of nitrogens with one attached hydrogen (secondary N) is 1. The maximum absolute atomic E-state index is 12.5. The first-order chi connectivity index (χ1) is 12.6. The molecule has 3 aromatic rings. The number of fused-ring (bicyclic) bond motifs is 1. The summed E-state index contributed by atoms with van der Waals surface area (Å²) in [5.74, 6) is -0.223. The van der Waals surface area contributed by atoms with Gasteiger partial charge in [0.15, 0.2) is 5.69 Å². The SMILES string of the molecule is Cc1ccc(NC(=O)c2cc3n(n2)C[C@H](c2ccc(Cl)cc2)OC3)cc1. The summed E-state index contributed by atoms with van der Waals surface area (Å²) in [6.45, 7) is 2.99. The minimum Gasteiger partial charge on any atom is -0.365 e. The zero-order valence-electron chi connectivity index (χ0n) is 14.3. The highest BCUT2D eigenvalue weighted by Gasteiger charge is 2.24. The molecule has 2 heterocycles. The number of hydrogen-bond acceptors (Lipinski definition) is 3. The molecule has 26 heavy (non-hydrogen) atoms. The molecule has 6 heteroatoms. The van der Waals surface area contributed by atoms with Gasteiger partial charge in [0.25, 0.3) is 5.91 Å². The Morgan fingerprint density at radius 1 is 1.19 bits per heavy atom. The predicted octanol–water partition coefficient (Wildman–Crippen LogP) is 4.37. The van der Waals surface area contributed by atoms with Crippen LogP contribution in [-0.4, -0.2) is 15.7 Å². The molecule has 1 atom stereocenters. The van der Waals surface area contributed by atoms with Crippen LogP contribution in [0.3, 0.4) is 0 Å². The second kappa shape index (κ2) is 6.94. The van der Waals surface area contributed by atoms with Crippen molar-refractivity contribution in [2.75, 3.05) is 5.32 Å². The Morgan fingerprint density at radius 2 is 1.92 bits per heavy atom. The van der Waals surface area contributed by atoms with Crippen molar-refractivity contribution in [3.63, 3.8) is 0 Å². The van der Waals surface area contributed by atoms with Crippen LogP contribution in [0.5, 0.6) is 0 Å². The van der Waals surface area contributed by atoms with E-state index >= 15 is 0 Å². The largest absolute Gasteiger partial charge is 0.365 e. The fourth-order valence-electron chi connectivity index (χ4n) is 2.95. The summed E-state index contributed by atoms with van der Waals surface area (Å²) in [5, 5.41) is 8.02. The van der Waals surface area contributed by atoms with Crippen molar-refractivity contribution in [1.82, 2.24) is 9.78 Å². The summed E-state index contributed by atoms with van der Waals surface area (Å²) < 4.78 is 7.76. The number of aryl methyl sites for hydroxylation is 1. The molecule has 0 saturated heterocycles. The molecule has 0 radical (unpaired) electrons. The number of aromatic nitrogens is 2. The lowest BCUT2D eigenvalue weighted by Crippen LogP contribution is -2.22. The number of hydrogen-bond donors (Lipinski definition) is 1. The molecule has 0 bridgehead atoms. The molecule has 1 N–H and O–H groups in total. The lowest BCUT2D eigenvalue weighted by molar-refractivity contribution is -0.00118. The maximum Gasteiger partial charge on any atom is 0.276 e. The molecule has 0 saturated carbocycles. The average Bonchev–Trinajstić information content (AvgIpc) is 3.08. The van der Waals surface area contributed by atoms with E-state index in [1.165, 1.54) is 0 Å². The van der Waals surface area contributed by atoms with Gasteiger partial charge in [-0.3, -0.25) is 9.48 Å². The smallest absolute Gasteiger partial charge is 0.276 e. The third-order valence-corrected chi connectivity index (χ3v) is 4.67. The summed E-state index contributed by atoms with van der Waals surface area (Å²) >= 11 is 5.94. The zero-order chi connectivity index (χ0) is 18.1. The fourth-order valence-corrected chi connectivity index (χ4v) is 3.07. The van der Waals surface area contributed by atoms with Crippen molar-refractivity contribution in [3.05, 3.63) is 82.1 Å². The van der Waals surface area contributed by atoms with Crippen LogP contribution in [-0.2, 0) is 17.9 Å². The Balaban J connectivity index is 1.49. The summed E-state index contributed by atoms with van der Waals surface area (Å²) in [7, 11) is 0. The number of ether oxygens (including phenoxy) is 1. The zero-order valence-corrected chi connectivity index (χ0v) is 15.0. The van der Waals surface area contributed by atoms with E-state index in [4.69, 9.17) is 16.3 Å². The number of rotatable bonds is 3. The second-order valence-electron chi connectivity index (χ2n) is 6.37. The van der Waals surface area contributed by atoms with Crippen molar-refractivity contribution in [1.29, 1.82) is 0 Å². The first-order valence-corrected chi connectivity index (χ1v) is 8.78. The van der Waals surface area contributed by atoms with Crippen molar-refractivity contribution in [3.8, 4) is 0 Å². The second-order valence-corrected chi connectivity index (χ2v) is 6.81. The van der Waals surface area contributed by atoms with Crippen LogP contribution in [0.2, 0.25) is 5.02 Å². The Labute approximate surface area is 156 Å². The van der Waals surface area contributed by atoms with E-state index in [-0.39, 0.29) is 12.0 Å². The Morgan fingerprint density at radius 3 is 2.65 bits per heavy atom. The van der Waals surface area contributed by atoms with Gasteiger partial charge in [0.2, 0.25) is 0 Å². The van der Waals surface area contributed by atoms with Crippen LogP contribution in [0.1, 0.15) is 33.4 Å². The number of carbonyl (C=O) groups is 1. The summed E-state index contributed by atoms with van der Waals surface area (Å²) in [6, 6.07) is 17.0. The lowest BCUT2D eigenvalue weighted by atomic mass is 10.1. The third kappa shape index (κ3) is 3.49. The monoisotopic (exact) mass is 367 g/mol. The van der Waals surface area contributed by atoms with Gasteiger partial charge in [0.05, 0.1) is 18.8 Å². The molecule has 1 amide bonds. The molecule has 5 nitrogen and oxygen atoms in total. The molecule has 0 aliphatic carbocycles. The minimum absolute atomic E-state index is 0.104. The standard InChI is InChI=1S/C20H18ClN3O2/c1-13-2-8-16(9-3-13)22-20(25)18-10-17-12-26-19(11-24(17)23-18)14-4-6-15(21)7-5-14/h2-10,19H,11-12H2,1H3,(H,22,25)/t19-/m1/s1. The number of carbonyl (C=O) groups excluding carboxylic acids is 1. The lowest BCUT2D eigenvalue weighted by Gasteiger charge is -2.24. The van der Waals surface area contributed by atoms with E-state index in [0.717, 1.165) is 22.5 Å². The van der Waals surface area contributed by atoms with Crippen LogP contribution >= 0.6 is 11.6 Å². The minimum atomic E-state index is -0.223. The van der Waals surface area contributed by atoms with E-state index in [1.807, 2.05) is 60.1 Å². The molecule has 132 valence electrons. The Hall–Kier alpha value is -2.63. The first kappa shape index (κ1) is 16.8. The van der Waals surface area contributed by atoms with Gasteiger partial charge in [-0.05, 0) is 42.8 Å². The van der Waals surface area contributed by atoms with Gasteiger partial charge < -0.3 is 10.1 Å². The molecule has 1 aliphatic heterocycles. The van der Waals surface area contributed by atoms with Crippen molar-refractivity contribution in [2.24, 2.45) is 0 Å². The predicted molar refractivity (Wildman–Crippen MR) is 100 cm³/mol. The Kier molecular flexibility index (Phi) is 4.49. The van der Waals surface area contributed by atoms with Crippen LogP contribution < -0.4 is 5.32 Å². The molecular formula is C20H18ClN3O2. The normalized spacial score (nSPS) is 16.2. The van der Waals surface area contributed by atoms with E-state index in [0.29, 0.717) is 23.9 Å². The van der Waals surface area contributed by atoms with Crippen LogP contribution in [0.4, 0.5) is 5.69 Å². The highest BCUT2D eigenvalue weighted by atomic mass is 35.5. The number of anilines is 1. The average molecular weight is 368 g/mol. The summed E-state index contributed by atoms with van der Waals surface area (Å²) in [4.78, 5) is 12.5. The van der Waals surface area contributed by atoms with Crippen LogP contribution in [0.25, 0.3) is 0 Å². The van der Waals surface area contributed by atoms with Gasteiger partial charge in [-0.15, -0.1) is 0 Å². The van der Waals surface area contributed by atoms with E-state index in [1.54, 1.807) is 6.07 Å². The number of benzene rings is 2. The topological polar surface area (TPSA) is 56.2 Å². The molecule has 0 unspecified atom stereocenters. The van der Waals surface area contributed by atoms with Gasteiger partial charge in [0.1, 0.15) is 6.10 Å². The quantitative estimate of drug-likeness (QED) is 0.747. The van der Waals surface area contributed by atoms with Crippen molar-refractivity contribution < 1.29 is 9.53 Å². The number of amides is 1. The van der Waals surface area contributed by atoms with Gasteiger partial charge in [-0.2, -0.15) is 5.10 Å². The maximum atomic E-state index is 12.5. The highest BCUT2D eigenvalue weighted by Crippen LogP contribution is 2.27. The number of halogens is 1. The summed E-state index contributed by atoms with van der Waals surface area (Å²) in [5.41, 5.74) is 4.22. The molecule has 4 rings (SSSR count). The molecule has 0 spiro atoms. The molecule has 0 fully saturated rings. The number of nitrogens with zero attached hydrogens (tertiary/aromatic N) is 2. The van der Waals surface area contributed by atoms with E-state index in [2.05, 4.69) is 10.4 Å². The van der Waals surface area contributed by atoms with E-state index in [9.17, 15) is 4.79 Å². The summed E-state index contributed by atoms with van der Waals surface area (Å²) in [6.07, 6.45) is -0.104.